The molecule has 0 bridgehead atoms. The van der Waals surface area contributed by atoms with Gasteiger partial charge in [-0.3, -0.25) is 14.9 Å². The van der Waals surface area contributed by atoms with E-state index < -0.39 is 0 Å². The van der Waals surface area contributed by atoms with Crippen LogP contribution in [0.25, 0.3) is 0 Å². The van der Waals surface area contributed by atoms with Crippen molar-refractivity contribution in [2.75, 3.05) is 5.32 Å². The molecular formula is C20H22N2O3. The van der Waals surface area contributed by atoms with E-state index in [0.717, 1.165) is 28.7 Å². The molecule has 2 fully saturated rings. The van der Waals surface area contributed by atoms with Crippen molar-refractivity contribution in [3.05, 3.63) is 53.5 Å². The molecule has 1 aromatic heterocycles. The third-order valence-corrected chi connectivity index (χ3v) is 5.13. The van der Waals surface area contributed by atoms with Crippen LogP contribution in [0, 0.1) is 11.8 Å². The molecule has 3 atom stereocenters. The zero-order valence-corrected chi connectivity index (χ0v) is 14.2. The summed E-state index contributed by atoms with van der Waals surface area (Å²) in [6, 6.07) is 12.1. The van der Waals surface area contributed by atoms with E-state index in [2.05, 4.69) is 23.6 Å². The second kappa shape index (κ2) is 6.39. The van der Waals surface area contributed by atoms with Gasteiger partial charge in [-0.05, 0) is 48.6 Å². The van der Waals surface area contributed by atoms with Crippen molar-refractivity contribution in [3.8, 4) is 0 Å². The molecule has 0 spiro atoms. The Balaban J connectivity index is 1.30. The molecule has 4 rings (SSSR count). The Morgan fingerprint density at radius 3 is 2.56 bits per heavy atom. The molecule has 0 radical (unpaired) electrons. The van der Waals surface area contributed by atoms with Gasteiger partial charge < -0.3 is 9.73 Å². The van der Waals surface area contributed by atoms with E-state index in [1.54, 1.807) is 0 Å². The molecule has 5 heteroatoms. The fraction of sp³-hybridized carbons (Fsp3) is 0.400. The van der Waals surface area contributed by atoms with E-state index in [-0.39, 0.29) is 17.7 Å². The van der Waals surface area contributed by atoms with Gasteiger partial charge in [0.15, 0.2) is 0 Å². The van der Waals surface area contributed by atoms with E-state index in [9.17, 15) is 9.59 Å². The monoisotopic (exact) mass is 338 g/mol. The lowest BCUT2D eigenvalue weighted by molar-refractivity contribution is -0.125. The van der Waals surface area contributed by atoms with E-state index in [0.29, 0.717) is 25.3 Å². The van der Waals surface area contributed by atoms with Crippen molar-refractivity contribution in [1.82, 2.24) is 5.32 Å². The van der Waals surface area contributed by atoms with Gasteiger partial charge in [-0.25, -0.2) is 0 Å². The molecular weight excluding hydrogens is 316 g/mol. The predicted molar refractivity (Wildman–Crippen MR) is 94.0 cm³/mol. The van der Waals surface area contributed by atoms with Gasteiger partial charge in [-0.15, -0.1) is 0 Å². The van der Waals surface area contributed by atoms with Crippen LogP contribution in [0.2, 0.25) is 0 Å². The Morgan fingerprint density at radius 2 is 1.92 bits per heavy atom. The maximum atomic E-state index is 11.6. The van der Waals surface area contributed by atoms with Gasteiger partial charge in [0.1, 0.15) is 11.5 Å². The zero-order chi connectivity index (χ0) is 17.4. The molecule has 2 N–H and O–H groups in total. The molecule has 5 nitrogen and oxygen atoms in total. The van der Waals surface area contributed by atoms with Gasteiger partial charge in [-0.2, -0.15) is 0 Å². The lowest BCUT2D eigenvalue weighted by Gasteiger charge is -2.08. The minimum absolute atomic E-state index is 0.161. The number of hydrogen-bond donors (Lipinski definition) is 2. The predicted octanol–water partition coefficient (Wildman–Crippen LogP) is 3.22. The Kier molecular flexibility index (Phi) is 4.07. The number of amides is 2. The number of rotatable bonds is 6. The third-order valence-electron chi connectivity index (χ3n) is 5.13. The van der Waals surface area contributed by atoms with Crippen molar-refractivity contribution >= 4 is 17.5 Å². The molecule has 2 aromatic rings. The van der Waals surface area contributed by atoms with Crippen LogP contribution in [0.5, 0.6) is 0 Å². The van der Waals surface area contributed by atoms with Gasteiger partial charge in [0.25, 0.3) is 0 Å². The van der Waals surface area contributed by atoms with Crippen LogP contribution >= 0.6 is 0 Å². The number of anilines is 1. The first-order chi connectivity index (χ1) is 12.1. The summed E-state index contributed by atoms with van der Waals surface area (Å²) in [4.78, 5) is 22.9. The average Bonchev–Trinajstić information content (AvgIpc) is 3.01. The highest BCUT2D eigenvalue weighted by Gasteiger charge is 2.36. The highest BCUT2D eigenvalue weighted by Crippen LogP contribution is 2.47. The zero-order valence-electron chi connectivity index (χ0n) is 14.2. The summed E-state index contributed by atoms with van der Waals surface area (Å²) in [5.74, 6) is 2.82. The topological polar surface area (TPSA) is 71.3 Å². The van der Waals surface area contributed by atoms with Crippen molar-refractivity contribution in [3.63, 3.8) is 0 Å². The molecule has 1 aliphatic carbocycles. The fourth-order valence-corrected chi connectivity index (χ4v) is 3.41. The van der Waals surface area contributed by atoms with Crippen LogP contribution in [0.1, 0.15) is 42.8 Å². The summed E-state index contributed by atoms with van der Waals surface area (Å²) in [6.07, 6.45) is 2.12. The van der Waals surface area contributed by atoms with Crippen LogP contribution in [0.4, 0.5) is 5.69 Å². The highest BCUT2D eigenvalue weighted by atomic mass is 16.3. The average molecular weight is 338 g/mol. The minimum Gasteiger partial charge on any atom is -0.464 e. The fourth-order valence-electron chi connectivity index (χ4n) is 3.41. The van der Waals surface area contributed by atoms with E-state index in [4.69, 9.17) is 4.42 Å². The SMILES string of the molecule is C[C@@H]1C[C@@H]1c1ccc(CNc2ccc(C[C@@H]3CC(=O)NC3=O)cc2)o1. The molecule has 1 saturated carbocycles. The molecule has 2 aliphatic rings. The number of imide groups is 1. The van der Waals surface area contributed by atoms with Gasteiger partial charge in [0, 0.05) is 18.0 Å². The van der Waals surface area contributed by atoms with Crippen LogP contribution in [0.15, 0.2) is 40.8 Å². The molecule has 1 saturated heterocycles. The van der Waals surface area contributed by atoms with Crippen molar-refractivity contribution in [2.24, 2.45) is 11.8 Å². The first kappa shape index (κ1) is 15.9. The van der Waals surface area contributed by atoms with Crippen molar-refractivity contribution in [1.29, 1.82) is 0 Å². The molecule has 2 amide bonds. The normalized spacial score (nSPS) is 25.1. The molecule has 1 aromatic carbocycles. The van der Waals surface area contributed by atoms with Crippen LogP contribution < -0.4 is 10.6 Å². The molecule has 130 valence electrons. The minimum atomic E-state index is -0.238. The standard InChI is InChI=1S/C20H22N2O3/c1-12-8-17(12)18-7-6-16(25-18)11-21-15-4-2-13(3-5-15)9-14-10-19(23)22-20(14)24/h2-7,12,14,17,21H,8-11H2,1H3,(H,22,23,24)/t12-,14-,17+/m1/s1. The van der Waals surface area contributed by atoms with E-state index >= 15 is 0 Å². The molecule has 25 heavy (non-hydrogen) atoms. The molecule has 2 heterocycles. The lowest BCUT2D eigenvalue weighted by Crippen LogP contribution is -2.22. The second-order valence-corrected chi connectivity index (χ2v) is 7.19. The number of nitrogens with one attached hydrogen (secondary N) is 2. The van der Waals surface area contributed by atoms with E-state index in [1.165, 1.54) is 6.42 Å². The van der Waals surface area contributed by atoms with Gasteiger partial charge in [0.05, 0.1) is 12.5 Å². The Hall–Kier alpha value is -2.56. The van der Waals surface area contributed by atoms with Crippen molar-refractivity contribution < 1.29 is 14.0 Å². The number of benzene rings is 1. The summed E-state index contributed by atoms with van der Waals surface area (Å²) in [5, 5.41) is 5.71. The highest BCUT2D eigenvalue weighted by molar-refractivity contribution is 6.03. The van der Waals surface area contributed by atoms with E-state index in [1.807, 2.05) is 30.3 Å². The summed E-state index contributed by atoms with van der Waals surface area (Å²) in [5.41, 5.74) is 2.07. The first-order valence-electron chi connectivity index (χ1n) is 8.83. The summed E-state index contributed by atoms with van der Waals surface area (Å²) >= 11 is 0. The molecule has 0 unspecified atom stereocenters. The van der Waals surface area contributed by atoms with Crippen LogP contribution in [-0.4, -0.2) is 11.8 Å². The van der Waals surface area contributed by atoms with Crippen LogP contribution in [-0.2, 0) is 22.6 Å². The first-order valence-corrected chi connectivity index (χ1v) is 8.83. The second-order valence-electron chi connectivity index (χ2n) is 7.19. The summed E-state index contributed by atoms with van der Waals surface area (Å²) in [6.45, 7) is 2.90. The summed E-state index contributed by atoms with van der Waals surface area (Å²) < 4.78 is 5.90. The number of carbonyl (C=O) groups excluding carboxylic acids is 2. The maximum absolute atomic E-state index is 11.6. The van der Waals surface area contributed by atoms with Gasteiger partial charge in [-0.1, -0.05) is 19.1 Å². The Morgan fingerprint density at radius 1 is 1.16 bits per heavy atom. The van der Waals surface area contributed by atoms with Gasteiger partial charge >= 0.3 is 0 Å². The quantitative estimate of drug-likeness (QED) is 0.793. The smallest absolute Gasteiger partial charge is 0.230 e. The van der Waals surface area contributed by atoms with Gasteiger partial charge in [0.2, 0.25) is 11.8 Å². The largest absolute Gasteiger partial charge is 0.464 e. The third kappa shape index (κ3) is 3.60. The lowest BCUT2D eigenvalue weighted by atomic mass is 9.98. The summed E-state index contributed by atoms with van der Waals surface area (Å²) in [7, 11) is 0. The molecule has 1 aliphatic heterocycles. The van der Waals surface area contributed by atoms with Crippen molar-refractivity contribution in [2.45, 2.75) is 38.6 Å². The maximum Gasteiger partial charge on any atom is 0.230 e. The number of furan rings is 1. The number of carbonyl (C=O) groups is 2. The Bertz CT molecular complexity index is 794. The number of hydrogen-bond acceptors (Lipinski definition) is 4. The Labute approximate surface area is 146 Å². The van der Waals surface area contributed by atoms with Crippen LogP contribution in [0.3, 0.4) is 0 Å².